The van der Waals surface area contributed by atoms with Crippen LogP contribution in [0.3, 0.4) is 0 Å². The quantitative estimate of drug-likeness (QED) is 0.403. The van der Waals surface area contributed by atoms with Crippen LogP contribution >= 0.6 is 12.2 Å². The summed E-state index contributed by atoms with van der Waals surface area (Å²) >= 11 is 5.56. The third-order valence-electron chi connectivity index (χ3n) is 6.76. The lowest BCUT2D eigenvalue weighted by atomic mass is 9.99. The van der Waals surface area contributed by atoms with E-state index in [1.54, 1.807) is 6.07 Å². The molecule has 1 aliphatic rings. The lowest BCUT2D eigenvalue weighted by Crippen LogP contribution is -2.44. The van der Waals surface area contributed by atoms with Crippen molar-refractivity contribution in [3.8, 4) is 6.07 Å². The molecule has 3 aromatic heterocycles. The first-order chi connectivity index (χ1) is 17.8. The van der Waals surface area contributed by atoms with Crippen molar-refractivity contribution in [2.45, 2.75) is 64.8 Å². The summed E-state index contributed by atoms with van der Waals surface area (Å²) in [5, 5.41) is 9.06. The van der Waals surface area contributed by atoms with E-state index in [1.807, 2.05) is 13.8 Å². The third kappa shape index (κ3) is 4.30. The Bertz CT molecular complexity index is 1570. The minimum absolute atomic E-state index is 0.00414. The van der Waals surface area contributed by atoms with E-state index in [4.69, 9.17) is 12.2 Å². The molecule has 0 saturated carbocycles. The number of hydrogen-bond donors (Lipinski definition) is 0. The Kier molecular flexibility index (Phi) is 6.78. The molecule has 0 N–H and O–H groups in total. The average Bonchev–Trinajstić information content (AvgIpc) is 3.02. The van der Waals surface area contributed by atoms with E-state index >= 15 is 4.39 Å². The number of nitriles is 1. The molecule has 0 atom stereocenters. The van der Waals surface area contributed by atoms with Gasteiger partial charge in [-0.25, -0.2) is 23.1 Å². The van der Waals surface area contributed by atoms with Crippen LogP contribution in [0.2, 0.25) is 0 Å². The lowest BCUT2D eigenvalue weighted by molar-refractivity contribution is -0.120. The van der Waals surface area contributed by atoms with E-state index in [0.717, 1.165) is 40.5 Å². The first-order valence-corrected chi connectivity index (χ1v) is 12.4. The summed E-state index contributed by atoms with van der Waals surface area (Å²) in [7, 11) is 0. The topological polar surface area (TPSA) is 94.6 Å². The number of aromatic nitrogens is 3. The summed E-state index contributed by atoms with van der Waals surface area (Å²) in [5.74, 6) is -4.78. The van der Waals surface area contributed by atoms with Gasteiger partial charge in [0.1, 0.15) is 17.3 Å². The van der Waals surface area contributed by atoms with E-state index in [1.165, 1.54) is 31.0 Å². The highest BCUT2D eigenvalue weighted by atomic mass is 32.1. The maximum Gasteiger partial charge on any atom is 0.273 e. The van der Waals surface area contributed by atoms with Crippen LogP contribution in [-0.2, 0) is 10.7 Å². The summed E-state index contributed by atoms with van der Waals surface area (Å²) < 4.78 is 44.8. The molecule has 3 aromatic rings. The Balaban J connectivity index is 1.85. The van der Waals surface area contributed by atoms with E-state index in [9.17, 15) is 23.6 Å². The van der Waals surface area contributed by atoms with E-state index < -0.39 is 40.0 Å². The summed E-state index contributed by atoms with van der Waals surface area (Å²) in [6, 6.07) is 5.11. The van der Waals surface area contributed by atoms with Crippen LogP contribution in [0.4, 0.5) is 24.5 Å². The van der Waals surface area contributed by atoms with Crippen LogP contribution in [-0.4, -0.2) is 30.9 Å². The molecule has 38 heavy (non-hydrogen) atoms. The smallest absolute Gasteiger partial charge is 0.273 e. The summed E-state index contributed by atoms with van der Waals surface area (Å²) in [4.78, 5) is 37.0. The molecule has 0 spiro atoms. The van der Waals surface area contributed by atoms with Crippen molar-refractivity contribution in [1.29, 1.82) is 5.26 Å². The zero-order chi connectivity index (χ0) is 28.2. The molecule has 1 saturated heterocycles. The van der Waals surface area contributed by atoms with Gasteiger partial charge in [-0.3, -0.25) is 18.9 Å². The highest BCUT2D eigenvalue weighted by Crippen LogP contribution is 2.38. The number of carbonyl (C=O) groups excluding carboxylic acids is 1. The molecular weight excluding hydrogens is 517 g/mol. The average molecular weight is 543 g/mol. The number of alkyl halides is 2. The summed E-state index contributed by atoms with van der Waals surface area (Å²) in [6.07, 6.45) is 3.93. The number of fused-ring (bicyclic) bond motifs is 1. The molecule has 4 heterocycles. The maximum atomic E-state index is 15.4. The fourth-order valence-electron chi connectivity index (χ4n) is 4.66. The monoisotopic (exact) mass is 542 g/mol. The van der Waals surface area contributed by atoms with Crippen LogP contribution in [0.5, 0.6) is 0 Å². The molecule has 12 heteroatoms. The second-order valence-electron chi connectivity index (χ2n) is 9.68. The molecule has 0 unspecified atom stereocenters. The Labute approximate surface area is 222 Å². The molecule has 8 nitrogen and oxygen atoms in total. The van der Waals surface area contributed by atoms with Crippen LogP contribution in [0.15, 0.2) is 35.4 Å². The van der Waals surface area contributed by atoms with Crippen molar-refractivity contribution < 1.29 is 18.0 Å². The zero-order valence-electron chi connectivity index (χ0n) is 21.4. The highest BCUT2D eigenvalue weighted by Gasteiger charge is 2.51. The fourth-order valence-corrected chi connectivity index (χ4v) is 5.18. The second-order valence-corrected chi connectivity index (χ2v) is 10.0. The van der Waals surface area contributed by atoms with Gasteiger partial charge < -0.3 is 4.90 Å². The van der Waals surface area contributed by atoms with E-state index in [0.29, 0.717) is 12.6 Å². The molecule has 198 valence electrons. The van der Waals surface area contributed by atoms with Crippen molar-refractivity contribution in [3.63, 3.8) is 0 Å². The van der Waals surface area contributed by atoms with Crippen molar-refractivity contribution in [2.75, 3.05) is 9.80 Å². The minimum atomic E-state index is -3.41. The molecule has 1 fully saturated rings. The molecule has 0 radical (unpaired) electrons. The number of hydrogen-bond acceptors (Lipinski definition) is 6. The molecule has 1 amide bonds. The lowest BCUT2D eigenvalue weighted by Gasteiger charge is -2.29. The van der Waals surface area contributed by atoms with Gasteiger partial charge in [0, 0.05) is 31.2 Å². The Morgan fingerprint density at radius 3 is 2.39 bits per heavy atom. The Morgan fingerprint density at radius 2 is 1.82 bits per heavy atom. The van der Waals surface area contributed by atoms with E-state index in [2.05, 4.69) is 9.97 Å². The standard InChI is InChI=1S/C26H25F3N6O2S/c1-6-14(7-2)19-10-21(36)33-13-16(9-18(27)22(33)32-19)35-24(38)34(23(37)25(35,3)4)15-8-17(26(5,28)29)20(11-30)31-12-15/h8-10,12-14H,6-7H2,1-5H3. The number of nitrogens with zero attached hydrogens (tertiary/aromatic N) is 6. The number of pyridine rings is 2. The molecule has 0 aromatic carbocycles. The fraction of sp³-hybridized carbons (Fsp3) is 0.385. The number of thiocarbonyl (C=S) groups is 1. The highest BCUT2D eigenvalue weighted by molar-refractivity contribution is 7.81. The number of halogens is 3. The van der Waals surface area contributed by atoms with Gasteiger partial charge in [0.2, 0.25) is 0 Å². The minimum Gasteiger partial charge on any atom is -0.302 e. The molecule has 1 aliphatic heterocycles. The predicted octanol–water partition coefficient (Wildman–Crippen LogP) is 5.03. The van der Waals surface area contributed by atoms with Crippen molar-refractivity contribution >= 4 is 40.3 Å². The first kappa shape index (κ1) is 27.2. The van der Waals surface area contributed by atoms with E-state index in [-0.39, 0.29) is 28.1 Å². The second kappa shape index (κ2) is 9.47. The van der Waals surface area contributed by atoms with Gasteiger partial charge in [-0.05, 0) is 45.0 Å². The maximum absolute atomic E-state index is 15.4. The van der Waals surface area contributed by atoms with Gasteiger partial charge >= 0.3 is 0 Å². The van der Waals surface area contributed by atoms with Gasteiger partial charge in [0.05, 0.1) is 28.8 Å². The van der Waals surface area contributed by atoms with Gasteiger partial charge in [-0.15, -0.1) is 0 Å². The van der Waals surface area contributed by atoms with Gasteiger partial charge in [0.25, 0.3) is 17.4 Å². The van der Waals surface area contributed by atoms with Gasteiger partial charge in [-0.1, -0.05) is 13.8 Å². The number of carbonyl (C=O) groups is 1. The first-order valence-electron chi connectivity index (χ1n) is 12.0. The zero-order valence-corrected chi connectivity index (χ0v) is 22.2. The Morgan fingerprint density at radius 1 is 1.16 bits per heavy atom. The normalized spacial score (nSPS) is 15.6. The molecule has 4 rings (SSSR count). The van der Waals surface area contributed by atoms with Crippen molar-refractivity contribution in [3.05, 3.63) is 63.7 Å². The number of amides is 1. The third-order valence-corrected chi connectivity index (χ3v) is 7.13. The van der Waals surface area contributed by atoms with Crippen LogP contribution < -0.4 is 15.4 Å². The number of rotatable bonds is 6. The van der Waals surface area contributed by atoms with Crippen LogP contribution in [0.25, 0.3) is 5.65 Å². The summed E-state index contributed by atoms with van der Waals surface area (Å²) in [5.41, 5.74) is -2.63. The van der Waals surface area contributed by atoms with Gasteiger partial charge in [-0.2, -0.15) is 5.26 Å². The molecular formula is C26H25F3N6O2S. The van der Waals surface area contributed by atoms with Crippen LogP contribution in [0, 0.1) is 17.1 Å². The molecule has 0 bridgehead atoms. The van der Waals surface area contributed by atoms with Crippen molar-refractivity contribution in [2.24, 2.45) is 0 Å². The molecule has 0 aliphatic carbocycles. The van der Waals surface area contributed by atoms with Gasteiger partial charge in [0.15, 0.2) is 16.6 Å². The SMILES string of the molecule is CCC(CC)c1cc(=O)n2cc(N3C(=S)N(c4cnc(C#N)c(C(C)(F)F)c4)C(=O)C3(C)C)cc(F)c2n1. The predicted molar refractivity (Wildman–Crippen MR) is 140 cm³/mol. The largest absolute Gasteiger partial charge is 0.302 e. The van der Waals surface area contributed by atoms with Crippen LogP contribution in [0.1, 0.15) is 70.3 Å². The summed E-state index contributed by atoms with van der Waals surface area (Å²) in [6.45, 7) is 7.61. The Hall–Kier alpha value is -3.85. The number of anilines is 2. The van der Waals surface area contributed by atoms with Crippen molar-refractivity contribution in [1.82, 2.24) is 14.4 Å².